The molecule has 1 saturated heterocycles. The molecule has 0 radical (unpaired) electrons. The maximum Gasteiger partial charge on any atom is 0.335 e. The van der Waals surface area contributed by atoms with E-state index in [2.05, 4.69) is 15.6 Å². The van der Waals surface area contributed by atoms with Gasteiger partial charge in [-0.2, -0.15) is 0 Å². The number of hydrogen-bond donors (Lipinski definition) is 3. The number of furan rings is 1. The minimum atomic E-state index is -1.08. The molecule has 1 aliphatic heterocycles. The summed E-state index contributed by atoms with van der Waals surface area (Å²) in [7, 11) is 0. The number of hydrogen-bond acceptors (Lipinski definition) is 5. The summed E-state index contributed by atoms with van der Waals surface area (Å²) >= 11 is 12.0. The summed E-state index contributed by atoms with van der Waals surface area (Å²) in [5, 5.41) is 16.0. The van der Waals surface area contributed by atoms with Crippen LogP contribution in [-0.2, 0) is 4.79 Å². The molecule has 198 valence electrons. The minimum absolute atomic E-state index is 0.0294. The summed E-state index contributed by atoms with van der Waals surface area (Å²) in [6.45, 7) is 0.214. The van der Waals surface area contributed by atoms with Gasteiger partial charge in [-0.05, 0) is 66.8 Å². The van der Waals surface area contributed by atoms with Crippen LogP contribution in [-0.4, -0.2) is 38.5 Å². The number of nitrogens with one attached hydrogen (secondary N) is 2. The molecule has 4 aromatic rings. The number of rotatable bonds is 8. The molecule has 3 heterocycles. The van der Waals surface area contributed by atoms with Gasteiger partial charge < -0.3 is 25.1 Å². The quantitative estimate of drug-likeness (QED) is 0.229. The first-order chi connectivity index (χ1) is 18.8. The number of amides is 1. The Kier molecular flexibility index (Phi) is 7.58. The van der Waals surface area contributed by atoms with E-state index in [1.165, 1.54) is 30.3 Å². The largest absolute Gasteiger partial charge is 0.478 e. The fourth-order valence-corrected chi connectivity index (χ4v) is 5.00. The molecule has 0 bridgehead atoms. The lowest BCUT2D eigenvalue weighted by molar-refractivity contribution is -0.116. The third-order valence-corrected chi connectivity index (χ3v) is 7.00. The van der Waals surface area contributed by atoms with Gasteiger partial charge in [-0.15, -0.1) is 0 Å². The number of carbonyl (C=O) groups is 2. The normalized spacial score (nSPS) is 16.7. The minimum Gasteiger partial charge on any atom is -0.478 e. The Morgan fingerprint density at radius 2 is 1.92 bits per heavy atom. The molecule has 1 aliphatic rings. The predicted octanol–water partition coefficient (Wildman–Crippen LogP) is 5.83. The van der Waals surface area contributed by atoms with E-state index in [0.29, 0.717) is 32.9 Å². The Hall–Kier alpha value is -4.28. The number of aromatic nitrogens is 1. The number of aromatic carboxylic acids is 1. The van der Waals surface area contributed by atoms with Gasteiger partial charge in [-0.3, -0.25) is 9.78 Å². The number of nitrogens with zero attached hydrogens (tertiary/aromatic N) is 2. The number of carboxylic acids is 1. The van der Waals surface area contributed by atoms with E-state index >= 15 is 0 Å². The van der Waals surface area contributed by atoms with Crippen molar-refractivity contribution in [1.29, 1.82) is 0 Å². The van der Waals surface area contributed by atoms with Crippen molar-refractivity contribution < 1.29 is 23.5 Å². The van der Waals surface area contributed by atoms with Crippen LogP contribution in [0.25, 0.3) is 11.3 Å². The molecule has 0 aliphatic carbocycles. The van der Waals surface area contributed by atoms with Crippen LogP contribution in [0.5, 0.6) is 0 Å². The molecule has 11 heteroatoms. The van der Waals surface area contributed by atoms with Gasteiger partial charge in [0.2, 0.25) is 5.91 Å². The van der Waals surface area contributed by atoms with E-state index in [1.54, 1.807) is 36.5 Å². The molecule has 2 aromatic heterocycles. The number of carboxylic acid groups (broad SMARTS) is 1. The van der Waals surface area contributed by atoms with E-state index < -0.39 is 23.9 Å². The summed E-state index contributed by atoms with van der Waals surface area (Å²) in [5.41, 5.74) is 1.32. The third kappa shape index (κ3) is 5.62. The van der Waals surface area contributed by atoms with Crippen LogP contribution < -0.4 is 10.6 Å². The van der Waals surface area contributed by atoms with Gasteiger partial charge in [0.15, 0.2) is 5.11 Å². The van der Waals surface area contributed by atoms with Crippen molar-refractivity contribution in [1.82, 2.24) is 15.2 Å². The van der Waals surface area contributed by atoms with Crippen LogP contribution in [0.1, 0.15) is 40.3 Å². The van der Waals surface area contributed by atoms with E-state index in [9.17, 15) is 19.1 Å². The topological polar surface area (TPSA) is 108 Å². The van der Waals surface area contributed by atoms with Crippen LogP contribution in [0, 0.1) is 5.82 Å². The van der Waals surface area contributed by atoms with Crippen LogP contribution in [0.2, 0.25) is 5.02 Å². The first-order valence-electron chi connectivity index (χ1n) is 12.0. The van der Waals surface area contributed by atoms with Gasteiger partial charge in [0, 0.05) is 24.7 Å². The van der Waals surface area contributed by atoms with Crippen molar-refractivity contribution in [2.24, 2.45) is 0 Å². The van der Waals surface area contributed by atoms with Crippen molar-refractivity contribution in [3.05, 3.63) is 107 Å². The first kappa shape index (κ1) is 26.3. The highest BCUT2D eigenvalue weighted by Crippen LogP contribution is 2.41. The Morgan fingerprint density at radius 1 is 1.13 bits per heavy atom. The highest BCUT2D eigenvalue weighted by Gasteiger charge is 2.41. The monoisotopic (exact) mass is 564 g/mol. The summed E-state index contributed by atoms with van der Waals surface area (Å²) in [6.07, 6.45) is 1.70. The highest BCUT2D eigenvalue weighted by molar-refractivity contribution is 7.80. The molecule has 2 atom stereocenters. The molecule has 39 heavy (non-hydrogen) atoms. The molecule has 5 rings (SSSR count). The van der Waals surface area contributed by atoms with Crippen molar-refractivity contribution in [2.45, 2.75) is 18.5 Å². The predicted molar refractivity (Wildman–Crippen MR) is 148 cm³/mol. The molecule has 0 saturated carbocycles. The Balaban J connectivity index is 1.43. The third-order valence-electron chi connectivity index (χ3n) is 6.32. The number of pyridine rings is 1. The average Bonchev–Trinajstić information content (AvgIpc) is 3.54. The number of anilines is 1. The second kappa shape index (κ2) is 11.2. The van der Waals surface area contributed by atoms with Crippen molar-refractivity contribution in [3.63, 3.8) is 0 Å². The zero-order valence-corrected chi connectivity index (χ0v) is 21.9. The van der Waals surface area contributed by atoms with Crippen LogP contribution in [0.4, 0.5) is 10.1 Å². The van der Waals surface area contributed by atoms with Crippen LogP contribution in [0.15, 0.2) is 83.4 Å². The van der Waals surface area contributed by atoms with Crippen molar-refractivity contribution >= 4 is 46.5 Å². The Labute approximate surface area is 233 Å². The van der Waals surface area contributed by atoms with Crippen LogP contribution >= 0.6 is 23.8 Å². The van der Waals surface area contributed by atoms with E-state index in [-0.39, 0.29) is 30.1 Å². The van der Waals surface area contributed by atoms with Gasteiger partial charge in [0.25, 0.3) is 0 Å². The molecule has 3 N–H and O–H groups in total. The molecule has 0 unspecified atom stereocenters. The zero-order valence-electron chi connectivity index (χ0n) is 20.3. The standard InChI is InChI=1S/C28H22ClFN4O4S/c29-18-9-8-16(27(36)37)15-17(18)22-10-11-23(38-22)26-25(21-7-3-4-13-31-21)33-28(39)34(26)14-12-24(35)32-20-6-2-1-5-19(20)30/h1-11,13,15,25-26H,12,14H2,(H,32,35)(H,33,39)(H,36,37)/t25-,26-/m0/s1. The van der Waals surface area contributed by atoms with E-state index in [4.69, 9.17) is 28.2 Å². The van der Waals surface area contributed by atoms with Gasteiger partial charge in [0.1, 0.15) is 23.4 Å². The molecular formula is C28H22ClFN4O4S. The lowest BCUT2D eigenvalue weighted by Crippen LogP contribution is -2.32. The van der Waals surface area contributed by atoms with Crippen molar-refractivity contribution in [3.8, 4) is 11.3 Å². The smallest absolute Gasteiger partial charge is 0.335 e. The second-order valence-corrected chi connectivity index (χ2v) is 9.59. The molecule has 0 spiro atoms. The number of thiocarbonyl (C=S) groups is 1. The number of carbonyl (C=O) groups excluding carboxylic acids is 1. The Bertz CT molecular complexity index is 1550. The molecule has 1 fully saturated rings. The van der Waals surface area contributed by atoms with E-state index in [1.807, 2.05) is 17.0 Å². The molecule has 1 amide bonds. The summed E-state index contributed by atoms with van der Waals surface area (Å²) in [6, 6.07) is 18.4. The van der Waals surface area contributed by atoms with E-state index in [0.717, 1.165) is 0 Å². The summed E-state index contributed by atoms with van der Waals surface area (Å²) in [4.78, 5) is 30.5. The lowest BCUT2D eigenvalue weighted by atomic mass is 10.0. The highest BCUT2D eigenvalue weighted by atomic mass is 35.5. The van der Waals surface area contributed by atoms with Crippen molar-refractivity contribution in [2.75, 3.05) is 11.9 Å². The van der Waals surface area contributed by atoms with Gasteiger partial charge in [0.05, 0.1) is 28.0 Å². The maximum atomic E-state index is 14.0. The van der Waals surface area contributed by atoms with Gasteiger partial charge in [-0.1, -0.05) is 29.8 Å². The second-order valence-electron chi connectivity index (χ2n) is 8.80. The fraction of sp³-hybridized carbons (Fsp3) is 0.143. The molecule has 2 aromatic carbocycles. The lowest BCUT2D eigenvalue weighted by Gasteiger charge is -2.25. The SMILES string of the molecule is O=C(CCN1C(=S)N[C@@H](c2ccccn2)[C@@H]1c1ccc(-c2cc(C(=O)O)ccc2Cl)o1)Nc1ccccc1F. The number of benzene rings is 2. The first-order valence-corrected chi connectivity index (χ1v) is 12.8. The van der Waals surface area contributed by atoms with Gasteiger partial charge >= 0.3 is 5.97 Å². The summed E-state index contributed by atoms with van der Waals surface area (Å²) < 4.78 is 20.2. The summed E-state index contributed by atoms with van der Waals surface area (Å²) in [5.74, 6) is -1.08. The average molecular weight is 565 g/mol. The fourth-order valence-electron chi connectivity index (χ4n) is 4.46. The zero-order chi connectivity index (χ0) is 27.5. The molecule has 8 nitrogen and oxygen atoms in total. The van der Waals surface area contributed by atoms with Gasteiger partial charge in [-0.25, -0.2) is 9.18 Å². The number of para-hydroxylation sites is 1. The number of halogens is 2. The maximum absolute atomic E-state index is 14.0. The van der Waals surface area contributed by atoms with Crippen LogP contribution in [0.3, 0.4) is 0 Å². The molecular weight excluding hydrogens is 543 g/mol. The Morgan fingerprint density at radius 3 is 2.67 bits per heavy atom.